The van der Waals surface area contributed by atoms with Crippen molar-refractivity contribution < 1.29 is 19.1 Å². The van der Waals surface area contributed by atoms with Crippen LogP contribution in [-0.4, -0.2) is 50.2 Å². The average Bonchev–Trinajstić information content (AvgIpc) is 3.24. The van der Waals surface area contributed by atoms with Gasteiger partial charge in [0.15, 0.2) is 0 Å². The van der Waals surface area contributed by atoms with Crippen LogP contribution in [-0.2, 0) is 24.5 Å². The maximum atomic E-state index is 12.9. The number of hydrogen-bond acceptors (Lipinski definition) is 6. The van der Waals surface area contributed by atoms with Crippen molar-refractivity contribution in [2.75, 3.05) is 32.6 Å². The van der Waals surface area contributed by atoms with E-state index in [1.54, 1.807) is 6.08 Å². The van der Waals surface area contributed by atoms with Crippen molar-refractivity contribution >= 4 is 17.6 Å². The summed E-state index contributed by atoms with van der Waals surface area (Å²) in [5, 5.41) is 3.55. The first-order valence-electron chi connectivity index (χ1n) is 9.32. The topological polar surface area (TPSA) is 67.9 Å². The van der Waals surface area contributed by atoms with Crippen molar-refractivity contribution in [2.45, 2.75) is 24.3 Å². The van der Waals surface area contributed by atoms with Gasteiger partial charge in [-0.05, 0) is 30.0 Å². The SMILES string of the molecule is COC(=O)/C=C1/CN2CC[C@]34C(=C(C(=O)OC)[C@H]1C[C@H]23)Nc1ccccc14. The first-order valence-corrected chi connectivity index (χ1v) is 9.32. The van der Waals surface area contributed by atoms with E-state index in [-0.39, 0.29) is 23.3 Å². The zero-order valence-corrected chi connectivity index (χ0v) is 15.5. The fraction of sp³-hybridized carbons (Fsp3) is 0.429. The highest BCUT2D eigenvalue weighted by Gasteiger charge is 2.62. The number of esters is 2. The van der Waals surface area contributed by atoms with Crippen LogP contribution >= 0.6 is 0 Å². The van der Waals surface area contributed by atoms with E-state index in [0.717, 1.165) is 36.3 Å². The number of hydrogen-bond donors (Lipinski definition) is 1. The van der Waals surface area contributed by atoms with E-state index in [1.165, 1.54) is 19.8 Å². The molecule has 0 aromatic heterocycles. The minimum Gasteiger partial charge on any atom is -0.466 e. The number of rotatable bonds is 2. The number of anilines is 1. The first kappa shape index (κ1) is 16.6. The highest BCUT2D eigenvalue weighted by atomic mass is 16.5. The van der Waals surface area contributed by atoms with Crippen molar-refractivity contribution in [3.63, 3.8) is 0 Å². The summed E-state index contributed by atoms with van der Waals surface area (Å²) < 4.78 is 10.0. The number of methoxy groups -OCH3 is 2. The Morgan fingerprint density at radius 2 is 2.07 bits per heavy atom. The molecule has 2 saturated heterocycles. The van der Waals surface area contributed by atoms with Crippen LogP contribution < -0.4 is 5.32 Å². The molecule has 140 valence electrons. The monoisotopic (exact) mass is 366 g/mol. The van der Waals surface area contributed by atoms with Gasteiger partial charge in [-0.2, -0.15) is 0 Å². The Morgan fingerprint density at radius 3 is 2.85 bits per heavy atom. The van der Waals surface area contributed by atoms with E-state index in [2.05, 4.69) is 28.4 Å². The number of ether oxygens (including phenoxy) is 2. The molecule has 0 radical (unpaired) electrons. The number of nitrogens with one attached hydrogen (secondary N) is 1. The highest BCUT2D eigenvalue weighted by Crippen LogP contribution is 2.61. The van der Waals surface area contributed by atoms with Gasteiger partial charge in [-0.25, -0.2) is 9.59 Å². The minimum atomic E-state index is -0.378. The molecule has 3 aliphatic heterocycles. The zero-order valence-electron chi connectivity index (χ0n) is 15.5. The molecule has 0 amide bonds. The van der Waals surface area contributed by atoms with Crippen LogP contribution in [0, 0.1) is 5.92 Å². The Bertz CT molecular complexity index is 919. The fourth-order valence-electron chi connectivity index (χ4n) is 5.68. The molecule has 0 saturated carbocycles. The van der Waals surface area contributed by atoms with Gasteiger partial charge in [-0.15, -0.1) is 0 Å². The van der Waals surface area contributed by atoms with E-state index in [1.807, 2.05) is 6.07 Å². The van der Waals surface area contributed by atoms with E-state index < -0.39 is 0 Å². The van der Waals surface area contributed by atoms with Crippen LogP contribution in [0.15, 0.2) is 47.2 Å². The Labute approximate surface area is 157 Å². The highest BCUT2D eigenvalue weighted by molar-refractivity contribution is 5.95. The molecule has 3 heterocycles. The Balaban J connectivity index is 1.75. The summed E-state index contributed by atoms with van der Waals surface area (Å²) in [6.07, 6.45) is 3.32. The lowest BCUT2D eigenvalue weighted by molar-refractivity contribution is -0.137. The van der Waals surface area contributed by atoms with E-state index >= 15 is 0 Å². The number of benzene rings is 1. The second-order valence-electron chi connectivity index (χ2n) is 7.69. The maximum Gasteiger partial charge on any atom is 0.336 e. The smallest absolute Gasteiger partial charge is 0.336 e. The van der Waals surface area contributed by atoms with Gasteiger partial charge >= 0.3 is 11.9 Å². The molecule has 1 aromatic rings. The van der Waals surface area contributed by atoms with Gasteiger partial charge in [0.05, 0.1) is 25.2 Å². The van der Waals surface area contributed by atoms with Gasteiger partial charge in [-0.3, -0.25) is 4.90 Å². The third-order valence-corrected chi connectivity index (χ3v) is 6.74. The van der Waals surface area contributed by atoms with Crippen molar-refractivity contribution in [1.82, 2.24) is 4.90 Å². The summed E-state index contributed by atoms with van der Waals surface area (Å²) in [5.74, 6) is -0.818. The molecule has 1 spiro atoms. The fourth-order valence-corrected chi connectivity index (χ4v) is 5.68. The van der Waals surface area contributed by atoms with Crippen LogP contribution in [0.4, 0.5) is 5.69 Å². The Hall–Kier alpha value is -2.60. The molecule has 1 aromatic carbocycles. The molecule has 5 rings (SSSR count). The molecule has 4 aliphatic rings. The van der Waals surface area contributed by atoms with Crippen LogP contribution in [0.1, 0.15) is 18.4 Å². The van der Waals surface area contributed by atoms with E-state index in [0.29, 0.717) is 18.2 Å². The van der Waals surface area contributed by atoms with Crippen molar-refractivity contribution in [2.24, 2.45) is 5.92 Å². The van der Waals surface area contributed by atoms with Crippen molar-refractivity contribution in [3.05, 3.63) is 52.7 Å². The lowest BCUT2D eigenvalue weighted by Gasteiger charge is -2.48. The molecule has 6 heteroatoms. The van der Waals surface area contributed by atoms with Gasteiger partial charge in [-0.1, -0.05) is 18.2 Å². The van der Waals surface area contributed by atoms with Gasteiger partial charge in [0.2, 0.25) is 0 Å². The predicted molar refractivity (Wildman–Crippen MR) is 99.0 cm³/mol. The van der Waals surface area contributed by atoms with Crippen LogP contribution in [0.25, 0.3) is 0 Å². The quantitative estimate of drug-likeness (QED) is 0.638. The molecular formula is C21H22N2O4. The van der Waals surface area contributed by atoms with Crippen LogP contribution in [0.5, 0.6) is 0 Å². The van der Waals surface area contributed by atoms with Crippen LogP contribution in [0.3, 0.4) is 0 Å². The normalized spacial score (nSPS) is 32.0. The average molecular weight is 366 g/mol. The van der Waals surface area contributed by atoms with Crippen molar-refractivity contribution in [1.29, 1.82) is 0 Å². The molecule has 2 bridgehead atoms. The number of piperidine rings is 1. The summed E-state index contributed by atoms with van der Waals surface area (Å²) in [4.78, 5) is 27.2. The van der Waals surface area contributed by atoms with Gasteiger partial charge in [0.25, 0.3) is 0 Å². The molecule has 27 heavy (non-hydrogen) atoms. The summed E-state index contributed by atoms with van der Waals surface area (Å²) in [6, 6.07) is 8.64. The Kier molecular flexibility index (Phi) is 3.49. The molecule has 1 N–H and O–H groups in total. The number of carbonyl (C=O) groups excluding carboxylic acids is 2. The summed E-state index contributed by atoms with van der Waals surface area (Å²) in [7, 11) is 2.80. The summed E-state index contributed by atoms with van der Waals surface area (Å²) >= 11 is 0. The lowest BCUT2D eigenvalue weighted by Crippen LogP contribution is -2.53. The zero-order chi connectivity index (χ0) is 18.8. The van der Waals surface area contributed by atoms with E-state index in [9.17, 15) is 9.59 Å². The molecular weight excluding hydrogens is 344 g/mol. The molecule has 2 fully saturated rings. The minimum absolute atomic E-state index is 0.124. The Morgan fingerprint density at radius 1 is 1.26 bits per heavy atom. The largest absolute Gasteiger partial charge is 0.466 e. The van der Waals surface area contributed by atoms with Gasteiger partial charge in [0.1, 0.15) is 0 Å². The van der Waals surface area contributed by atoms with Gasteiger partial charge in [0, 0.05) is 42.5 Å². The number of fused-ring (bicyclic) bond motifs is 2. The van der Waals surface area contributed by atoms with Crippen LogP contribution in [0.2, 0.25) is 0 Å². The van der Waals surface area contributed by atoms with E-state index in [4.69, 9.17) is 9.47 Å². The lowest BCUT2D eigenvalue weighted by atomic mass is 9.62. The molecule has 3 atom stereocenters. The molecule has 6 nitrogen and oxygen atoms in total. The maximum absolute atomic E-state index is 12.9. The predicted octanol–water partition coefficient (Wildman–Crippen LogP) is 1.98. The second kappa shape index (κ2) is 5.70. The molecule has 0 unspecified atom stereocenters. The number of carbonyl (C=O) groups is 2. The second-order valence-corrected chi connectivity index (χ2v) is 7.69. The summed E-state index contributed by atoms with van der Waals surface area (Å²) in [5.41, 5.74) is 4.72. The summed E-state index contributed by atoms with van der Waals surface area (Å²) in [6.45, 7) is 1.62. The third kappa shape index (κ3) is 2.04. The number of nitrogens with zero attached hydrogens (tertiary/aromatic N) is 1. The third-order valence-electron chi connectivity index (χ3n) is 6.74. The number of para-hydroxylation sites is 1. The standard InChI is InChI=1S/C21H22N2O4/c1-26-17(24)9-12-11-23-8-7-21-14-5-3-4-6-15(14)22-19(21)18(20(25)27-2)13(12)10-16(21)23/h3-6,9,13,16,22H,7-8,10-11H2,1-2H3/b12-9-/t13-,16-,21+/m0/s1. The first-order chi connectivity index (χ1) is 13.1. The van der Waals surface area contributed by atoms with Gasteiger partial charge < -0.3 is 14.8 Å². The molecule has 1 aliphatic carbocycles. The van der Waals surface area contributed by atoms with Crippen molar-refractivity contribution in [3.8, 4) is 0 Å².